The number of hydrogen-bond donors (Lipinski definition) is 0. The molecule has 0 aromatic carbocycles. The maximum Gasteiger partial charge on any atom is 0.331 e. The van der Waals surface area contributed by atoms with Gasteiger partial charge in [-0.05, 0) is 27.7 Å². The largest absolute Gasteiger partial charge is 0.331 e. The maximum atomic E-state index is 12.4. The molecule has 0 rings (SSSR count). The van der Waals surface area contributed by atoms with Crippen molar-refractivity contribution >= 4 is 38.7 Å². The number of rotatable bonds is 16. The van der Waals surface area contributed by atoms with Crippen molar-refractivity contribution in [2.45, 2.75) is 27.7 Å². The minimum atomic E-state index is -3.20. The van der Waals surface area contributed by atoms with Gasteiger partial charge < -0.3 is 18.1 Å². The first kappa shape index (κ1) is 27.7. The average molecular weight is 470 g/mol. The van der Waals surface area contributed by atoms with Gasteiger partial charge in [0.25, 0.3) is 0 Å². The van der Waals surface area contributed by atoms with E-state index in [-0.39, 0.29) is 48.6 Å². The molecule has 0 radical (unpaired) electrons. The maximum absolute atomic E-state index is 12.4. The van der Waals surface area contributed by atoms with Crippen molar-refractivity contribution < 1.29 is 27.2 Å². The van der Waals surface area contributed by atoms with Crippen molar-refractivity contribution in [2.24, 2.45) is 0 Å². The molecule has 0 aliphatic heterocycles. The van der Waals surface area contributed by atoms with Crippen LogP contribution in [-0.2, 0) is 27.2 Å². The van der Waals surface area contributed by atoms with Crippen LogP contribution in [0.3, 0.4) is 0 Å². The zero-order chi connectivity index (χ0) is 21.5. The second-order valence-electron chi connectivity index (χ2n) is 4.92. The zero-order valence-electron chi connectivity index (χ0n) is 16.7. The molecule has 0 aromatic heterocycles. The minimum Gasteiger partial charge on any atom is -0.309 e. The summed E-state index contributed by atoms with van der Waals surface area (Å²) in [7, 11) is -6.39. The van der Waals surface area contributed by atoms with Crippen LogP contribution in [0.5, 0.6) is 0 Å². The summed E-state index contributed by atoms with van der Waals surface area (Å²) < 4.78 is 45.7. The summed E-state index contributed by atoms with van der Waals surface area (Å²) in [5, 5.41) is 18.7. The van der Waals surface area contributed by atoms with Crippen molar-refractivity contribution in [3.05, 3.63) is 9.81 Å². The molecule has 28 heavy (non-hydrogen) atoms. The highest BCUT2D eigenvalue weighted by atomic mass is 32.2. The molecule has 0 bridgehead atoms. The van der Waals surface area contributed by atoms with Gasteiger partial charge in [0.2, 0.25) is 0 Å². The first-order chi connectivity index (χ1) is 13.3. The highest BCUT2D eigenvalue weighted by molar-refractivity contribution is 8.07. The van der Waals surface area contributed by atoms with Crippen LogP contribution < -0.4 is 0 Å². The van der Waals surface area contributed by atoms with Crippen LogP contribution in [0.25, 0.3) is 0 Å². The van der Waals surface area contributed by atoms with Crippen LogP contribution >= 0.6 is 38.7 Å². The van der Waals surface area contributed by atoms with E-state index in [9.17, 15) is 19.7 Å². The van der Waals surface area contributed by atoms with Gasteiger partial charge in [-0.25, -0.2) is 0 Å². The Morgan fingerprint density at radius 2 is 1.00 bits per heavy atom. The third kappa shape index (κ3) is 11.0. The highest BCUT2D eigenvalue weighted by Gasteiger charge is 2.25. The first-order valence-corrected chi connectivity index (χ1v) is 14.3. The lowest BCUT2D eigenvalue weighted by Gasteiger charge is -2.17. The van der Waals surface area contributed by atoms with E-state index in [0.29, 0.717) is 11.5 Å². The number of nitriles is 2. The Labute approximate surface area is 176 Å². The van der Waals surface area contributed by atoms with Gasteiger partial charge in [-0.15, -0.1) is 23.5 Å². The minimum absolute atomic E-state index is 0.137. The standard InChI is InChI=1S/C16H28N2O6P2S2/c1-5-21-25(19,22-6-2)9-11-27-15(13-17)16(14-18)28-12-10-26(20,23-7-3)24-8-4/h5-12H2,1-4H3/b16-15+. The van der Waals surface area contributed by atoms with E-state index >= 15 is 0 Å². The Morgan fingerprint density at radius 1 is 0.714 bits per heavy atom. The van der Waals surface area contributed by atoms with Gasteiger partial charge in [0.1, 0.15) is 21.9 Å². The van der Waals surface area contributed by atoms with Crippen LogP contribution in [0.1, 0.15) is 27.7 Å². The second-order valence-corrected chi connectivity index (χ2v) is 11.5. The van der Waals surface area contributed by atoms with E-state index in [1.807, 2.05) is 12.1 Å². The van der Waals surface area contributed by atoms with Gasteiger partial charge >= 0.3 is 15.2 Å². The van der Waals surface area contributed by atoms with E-state index < -0.39 is 15.2 Å². The third-order valence-electron chi connectivity index (χ3n) is 2.94. The quantitative estimate of drug-likeness (QED) is 0.219. The Bertz CT molecular complexity index is 599. The van der Waals surface area contributed by atoms with Crippen LogP contribution in [0.2, 0.25) is 0 Å². The lowest BCUT2D eigenvalue weighted by Crippen LogP contribution is -2.03. The Morgan fingerprint density at radius 3 is 1.21 bits per heavy atom. The summed E-state index contributed by atoms with van der Waals surface area (Å²) in [4.78, 5) is 0.435. The Hall–Kier alpha value is -0.280. The van der Waals surface area contributed by atoms with Gasteiger partial charge in [0.05, 0.1) is 38.8 Å². The molecule has 0 N–H and O–H groups in total. The molecular weight excluding hydrogens is 442 g/mol. The first-order valence-electron chi connectivity index (χ1n) is 8.89. The van der Waals surface area contributed by atoms with Gasteiger partial charge in [0, 0.05) is 11.5 Å². The van der Waals surface area contributed by atoms with Gasteiger partial charge in [-0.3, -0.25) is 9.13 Å². The summed E-state index contributed by atoms with van der Waals surface area (Å²) in [6, 6.07) is 4.00. The molecule has 0 heterocycles. The summed E-state index contributed by atoms with van der Waals surface area (Å²) in [6.45, 7) is 7.98. The molecule has 0 fully saturated rings. The second kappa shape index (κ2) is 15.5. The molecule has 0 atom stereocenters. The molecule has 12 heteroatoms. The van der Waals surface area contributed by atoms with Gasteiger partial charge in [-0.2, -0.15) is 10.5 Å². The van der Waals surface area contributed by atoms with E-state index in [1.165, 1.54) is 0 Å². The Kier molecular flexibility index (Phi) is 15.4. The molecule has 0 amide bonds. The summed E-state index contributed by atoms with van der Waals surface area (Å²) in [6.07, 6.45) is 0.273. The normalized spacial score (nSPS) is 12.9. The molecule has 0 unspecified atom stereocenters. The number of allylic oxidation sites excluding steroid dienone is 2. The van der Waals surface area contributed by atoms with Crippen LogP contribution in [0.15, 0.2) is 9.81 Å². The predicted octanol–water partition coefficient (Wildman–Crippen LogP) is 5.24. The fraction of sp³-hybridized carbons (Fsp3) is 0.750. The molecule has 0 spiro atoms. The molecule has 0 aromatic rings. The van der Waals surface area contributed by atoms with Crippen LogP contribution in [0.4, 0.5) is 0 Å². The lowest BCUT2D eigenvalue weighted by atomic mass is 10.5. The predicted molar refractivity (Wildman–Crippen MR) is 115 cm³/mol. The summed E-state index contributed by atoms with van der Waals surface area (Å²) in [5.74, 6) is 0.616. The van der Waals surface area contributed by atoms with Crippen molar-refractivity contribution in [2.75, 3.05) is 50.3 Å². The van der Waals surface area contributed by atoms with Gasteiger partial charge in [-0.1, -0.05) is 0 Å². The third-order valence-corrected chi connectivity index (χ3v) is 9.80. The molecule has 0 aliphatic rings. The monoisotopic (exact) mass is 470 g/mol. The SMILES string of the molecule is CCOP(=O)(CCS/C(C#N)=C(\C#N)SCCP(=O)(OCC)OCC)OCC. The molecule has 0 saturated carbocycles. The lowest BCUT2D eigenvalue weighted by molar-refractivity contribution is 0.220. The van der Waals surface area contributed by atoms with E-state index in [4.69, 9.17) is 18.1 Å². The smallest absolute Gasteiger partial charge is 0.309 e. The van der Waals surface area contributed by atoms with Crippen LogP contribution in [0, 0.1) is 22.7 Å². The van der Waals surface area contributed by atoms with Crippen molar-refractivity contribution in [3.8, 4) is 12.1 Å². The summed E-state index contributed by atoms with van der Waals surface area (Å²) >= 11 is 2.25. The highest BCUT2D eigenvalue weighted by Crippen LogP contribution is 2.50. The number of nitrogens with zero attached hydrogens (tertiary/aromatic N) is 2. The molecular formula is C16H28N2O6P2S2. The van der Waals surface area contributed by atoms with E-state index in [0.717, 1.165) is 23.5 Å². The van der Waals surface area contributed by atoms with Crippen molar-refractivity contribution in [1.29, 1.82) is 10.5 Å². The van der Waals surface area contributed by atoms with E-state index in [1.54, 1.807) is 27.7 Å². The zero-order valence-corrected chi connectivity index (χ0v) is 20.1. The average Bonchev–Trinajstić information content (AvgIpc) is 2.64. The van der Waals surface area contributed by atoms with Gasteiger partial charge in [0.15, 0.2) is 0 Å². The van der Waals surface area contributed by atoms with E-state index in [2.05, 4.69) is 0 Å². The number of hydrogen-bond acceptors (Lipinski definition) is 10. The topological polar surface area (TPSA) is 119 Å². The fourth-order valence-electron chi connectivity index (χ4n) is 1.94. The van der Waals surface area contributed by atoms with Crippen molar-refractivity contribution in [1.82, 2.24) is 0 Å². The van der Waals surface area contributed by atoms with Crippen LogP contribution in [-0.4, -0.2) is 50.3 Å². The molecule has 0 aliphatic carbocycles. The molecule has 0 saturated heterocycles. The van der Waals surface area contributed by atoms with Crippen molar-refractivity contribution in [3.63, 3.8) is 0 Å². The Balaban J connectivity index is 4.89. The number of thioether (sulfide) groups is 2. The molecule has 8 nitrogen and oxygen atoms in total. The fourth-order valence-corrected chi connectivity index (χ4v) is 7.94. The molecule has 160 valence electrons. The summed E-state index contributed by atoms with van der Waals surface area (Å²) in [5.41, 5.74) is 0.